The van der Waals surface area contributed by atoms with Crippen molar-refractivity contribution in [3.05, 3.63) is 5.69 Å². The minimum Gasteiger partial charge on any atom is -0.480 e. The predicted octanol–water partition coefficient (Wildman–Crippen LogP) is -0.365. The largest absolute Gasteiger partial charge is 0.480 e. The topological polar surface area (TPSA) is 131 Å². The van der Waals surface area contributed by atoms with Crippen molar-refractivity contribution in [1.29, 1.82) is 0 Å². The summed E-state index contributed by atoms with van der Waals surface area (Å²) < 4.78 is 4.28. The summed E-state index contributed by atoms with van der Waals surface area (Å²) in [6, 6.07) is 0. The highest BCUT2D eigenvalue weighted by Crippen LogP contribution is 2.39. The maximum atomic E-state index is 11.8. The fourth-order valence-electron chi connectivity index (χ4n) is 1.64. The number of aromatic nitrogens is 2. The average Bonchev–Trinajstić information content (AvgIpc) is 3.01. The summed E-state index contributed by atoms with van der Waals surface area (Å²) in [5.41, 5.74) is 3.85. The summed E-state index contributed by atoms with van der Waals surface area (Å²) >= 11 is 0. The predicted molar refractivity (Wildman–Crippen MR) is 54.9 cm³/mol. The van der Waals surface area contributed by atoms with E-state index in [2.05, 4.69) is 20.3 Å². The molecule has 0 spiro atoms. The number of nitrogens with one attached hydrogen (secondary N) is 1. The first-order chi connectivity index (χ1) is 7.95. The third kappa shape index (κ3) is 1.93. The quantitative estimate of drug-likeness (QED) is 0.654. The van der Waals surface area contributed by atoms with E-state index in [1.807, 2.05) is 0 Å². The van der Waals surface area contributed by atoms with Gasteiger partial charge in [0.1, 0.15) is 5.54 Å². The molecule has 8 heteroatoms. The molecule has 1 aliphatic carbocycles. The number of carbonyl (C=O) groups is 2. The number of anilines is 1. The molecule has 1 fully saturated rings. The van der Waals surface area contributed by atoms with E-state index in [0.29, 0.717) is 0 Å². The van der Waals surface area contributed by atoms with Crippen LogP contribution < -0.4 is 11.1 Å². The van der Waals surface area contributed by atoms with Gasteiger partial charge in [-0.05, 0) is 36.0 Å². The summed E-state index contributed by atoms with van der Waals surface area (Å²) in [5.74, 6) is -2.00. The van der Waals surface area contributed by atoms with Crippen LogP contribution in [0.1, 0.15) is 30.3 Å². The molecule has 17 heavy (non-hydrogen) atoms. The molecule has 1 heterocycles. The van der Waals surface area contributed by atoms with Crippen LogP contribution in [-0.4, -0.2) is 32.8 Å². The van der Waals surface area contributed by atoms with Crippen LogP contribution in [0.15, 0.2) is 4.63 Å². The van der Waals surface area contributed by atoms with Crippen molar-refractivity contribution in [2.75, 3.05) is 5.73 Å². The number of hydrogen-bond acceptors (Lipinski definition) is 6. The fourth-order valence-corrected chi connectivity index (χ4v) is 1.64. The zero-order valence-electron chi connectivity index (χ0n) is 9.14. The molecule has 0 aromatic carbocycles. The second kappa shape index (κ2) is 3.72. The van der Waals surface area contributed by atoms with Crippen LogP contribution >= 0.6 is 0 Å². The van der Waals surface area contributed by atoms with Crippen LogP contribution in [0.5, 0.6) is 0 Å². The first kappa shape index (κ1) is 11.4. The Morgan fingerprint density at radius 3 is 2.59 bits per heavy atom. The molecular formula is C9H12N4O4. The highest BCUT2D eigenvalue weighted by molar-refractivity contribution is 5.99. The lowest BCUT2D eigenvalue weighted by Gasteiger charge is -2.25. The number of nitrogens with zero attached hydrogens (tertiary/aromatic N) is 2. The second-order valence-corrected chi connectivity index (χ2v) is 4.23. The van der Waals surface area contributed by atoms with Crippen molar-refractivity contribution >= 4 is 17.7 Å². The van der Waals surface area contributed by atoms with E-state index in [0.717, 1.165) is 12.8 Å². The highest BCUT2D eigenvalue weighted by Gasteiger charge is 2.49. The summed E-state index contributed by atoms with van der Waals surface area (Å²) in [7, 11) is 0. The van der Waals surface area contributed by atoms with Gasteiger partial charge >= 0.3 is 5.97 Å². The number of nitrogen functional groups attached to an aromatic ring is 1. The molecule has 8 nitrogen and oxygen atoms in total. The maximum Gasteiger partial charge on any atom is 0.329 e. The number of nitrogens with two attached hydrogens (primary N) is 1. The SMILES string of the molecule is CC(NC(=O)c1nonc1N)(C(=O)O)C1CC1. The van der Waals surface area contributed by atoms with E-state index >= 15 is 0 Å². The molecule has 1 aromatic heterocycles. The molecule has 92 valence electrons. The number of carboxylic acid groups (broad SMARTS) is 1. The van der Waals surface area contributed by atoms with Gasteiger partial charge in [0, 0.05) is 0 Å². The molecule has 0 bridgehead atoms. The average molecular weight is 240 g/mol. The molecule has 0 radical (unpaired) electrons. The lowest BCUT2D eigenvalue weighted by Crippen LogP contribution is -2.54. The van der Waals surface area contributed by atoms with Crippen LogP contribution in [0.4, 0.5) is 5.82 Å². The number of carbonyl (C=O) groups excluding carboxylic acids is 1. The molecular weight excluding hydrogens is 228 g/mol. The van der Waals surface area contributed by atoms with Crippen LogP contribution in [0.25, 0.3) is 0 Å². The Morgan fingerprint density at radius 2 is 2.18 bits per heavy atom. The van der Waals surface area contributed by atoms with E-state index < -0.39 is 17.4 Å². The highest BCUT2D eigenvalue weighted by atomic mass is 16.6. The third-order valence-electron chi connectivity index (χ3n) is 2.94. The van der Waals surface area contributed by atoms with Gasteiger partial charge in [0.25, 0.3) is 5.91 Å². The van der Waals surface area contributed by atoms with Gasteiger partial charge in [-0.2, -0.15) is 0 Å². The van der Waals surface area contributed by atoms with Crippen molar-refractivity contribution in [2.45, 2.75) is 25.3 Å². The maximum absolute atomic E-state index is 11.8. The van der Waals surface area contributed by atoms with E-state index in [1.165, 1.54) is 6.92 Å². The molecule has 1 amide bonds. The van der Waals surface area contributed by atoms with E-state index in [1.54, 1.807) is 0 Å². The molecule has 1 unspecified atom stereocenters. The van der Waals surface area contributed by atoms with Crippen molar-refractivity contribution in [1.82, 2.24) is 15.6 Å². The summed E-state index contributed by atoms with van der Waals surface area (Å²) in [4.78, 5) is 22.9. The van der Waals surface area contributed by atoms with Gasteiger partial charge in [-0.1, -0.05) is 0 Å². The van der Waals surface area contributed by atoms with Gasteiger partial charge < -0.3 is 16.2 Å². The van der Waals surface area contributed by atoms with Crippen molar-refractivity contribution in [3.8, 4) is 0 Å². The van der Waals surface area contributed by atoms with E-state index in [9.17, 15) is 9.59 Å². The van der Waals surface area contributed by atoms with Crippen molar-refractivity contribution in [3.63, 3.8) is 0 Å². The molecule has 2 rings (SSSR count). The lowest BCUT2D eigenvalue weighted by molar-refractivity contribution is -0.144. The zero-order valence-corrected chi connectivity index (χ0v) is 9.14. The van der Waals surface area contributed by atoms with E-state index in [4.69, 9.17) is 10.8 Å². The normalized spacial score (nSPS) is 18.4. The Bertz CT molecular complexity index is 467. The molecule has 1 atom stereocenters. The fraction of sp³-hybridized carbons (Fsp3) is 0.556. The van der Waals surface area contributed by atoms with Crippen LogP contribution in [0, 0.1) is 5.92 Å². The van der Waals surface area contributed by atoms with Gasteiger partial charge in [0.2, 0.25) is 11.5 Å². The molecule has 0 aliphatic heterocycles. The van der Waals surface area contributed by atoms with Gasteiger partial charge in [0.05, 0.1) is 0 Å². The summed E-state index contributed by atoms with van der Waals surface area (Å²) in [6.45, 7) is 1.47. The van der Waals surface area contributed by atoms with Gasteiger partial charge in [-0.15, -0.1) is 0 Å². The van der Waals surface area contributed by atoms with Crippen LogP contribution in [0.3, 0.4) is 0 Å². The van der Waals surface area contributed by atoms with Crippen LogP contribution in [0.2, 0.25) is 0 Å². The minimum absolute atomic E-state index is 0.0648. The van der Waals surface area contributed by atoms with Gasteiger partial charge in [-0.3, -0.25) is 4.79 Å². The number of aliphatic carboxylic acids is 1. The summed E-state index contributed by atoms with van der Waals surface area (Å²) in [6.07, 6.45) is 1.55. The van der Waals surface area contributed by atoms with Crippen molar-refractivity contribution < 1.29 is 19.3 Å². The third-order valence-corrected chi connectivity index (χ3v) is 2.94. The minimum atomic E-state index is -1.30. The zero-order chi connectivity index (χ0) is 12.6. The first-order valence-corrected chi connectivity index (χ1v) is 5.09. The smallest absolute Gasteiger partial charge is 0.329 e. The molecule has 1 aromatic rings. The Labute approximate surface area is 96.1 Å². The standard InChI is InChI=1S/C9H12N4O4/c1-9(8(15)16,4-2-3-4)11-7(14)5-6(10)13-17-12-5/h4H,2-3H2,1H3,(H2,10,13)(H,11,14)(H,15,16). The van der Waals surface area contributed by atoms with E-state index in [-0.39, 0.29) is 17.4 Å². The van der Waals surface area contributed by atoms with Gasteiger partial charge in [0.15, 0.2) is 0 Å². The first-order valence-electron chi connectivity index (χ1n) is 5.09. The van der Waals surface area contributed by atoms with Crippen molar-refractivity contribution in [2.24, 2.45) is 5.92 Å². The summed E-state index contributed by atoms with van der Waals surface area (Å²) in [5, 5.41) is 18.1. The monoisotopic (exact) mass is 240 g/mol. The molecule has 0 saturated heterocycles. The Hall–Kier alpha value is -2.12. The number of rotatable bonds is 4. The number of amides is 1. The second-order valence-electron chi connectivity index (χ2n) is 4.23. The molecule has 1 aliphatic rings. The Balaban J connectivity index is 2.17. The number of carboxylic acids is 1. The Morgan fingerprint density at radius 1 is 1.53 bits per heavy atom. The van der Waals surface area contributed by atoms with Gasteiger partial charge in [-0.25, -0.2) is 9.42 Å². The molecule has 4 N–H and O–H groups in total. The Kier molecular flexibility index (Phi) is 2.49. The lowest BCUT2D eigenvalue weighted by atomic mass is 9.96. The number of hydrogen-bond donors (Lipinski definition) is 3. The van der Waals surface area contributed by atoms with Crippen LogP contribution in [-0.2, 0) is 4.79 Å². The molecule has 1 saturated carbocycles.